The van der Waals surface area contributed by atoms with Crippen LogP contribution in [0.5, 0.6) is 0 Å². The van der Waals surface area contributed by atoms with Crippen LogP contribution in [0.1, 0.15) is 77.9 Å². The zero-order valence-electron chi connectivity index (χ0n) is 31.3. The molecule has 0 aliphatic heterocycles. The maximum Gasteiger partial charge on any atom is 2.00 e. The van der Waals surface area contributed by atoms with E-state index in [2.05, 4.69) is 104 Å². The molecule has 0 fully saturated rings. The van der Waals surface area contributed by atoms with Gasteiger partial charge in [-0.2, -0.15) is 0 Å². The minimum absolute atomic E-state index is 0. The number of aromatic nitrogens is 2. The summed E-state index contributed by atoms with van der Waals surface area (Å²) in [6, 6.07) is 40.8. The summed E-state index contributed by atoms with van der Waals surface area (Å²) in [5.74, 6) is -0.515. The Morgan fingerprint density at radius 2 is 0.846 bits per heavy atom. The summed E-state index contributed by atoms with van der Waals surface area (Å²) in [7, 11) is 0. The molecule has 0 spiro atoms. The second kappa shape index (κ2) is 15.4. The van der Waals surface area contributed by atoms with E-state index in [-0.39, 0.29) is 43.5 Å². The Labute approximate surface area is 323 Å². The van der Waals surface area contributed by atoms with Crippen molar-refractivity contribution in [1.29, 1.82) is 0 Å². The van der Waals surface area contributed by atoms with Gasteiger partial charge < -0.3 is 9.97 Å². The van der Waals surface area contributed by atoms with Gasteiger partial charge in [0.1, 0.15) is 11.6 Å². The van der Waals surface area contributed by atoms with Crippen LogP contribution in [-0.4, -0.2) is 9.97 Å². The van der Waals surface area contributed by atoms with Crippen LogP contribution in [0.25, 0.3) is 44.8 Å². The second-order valence-electron chi connectivity index (χ2n) is 16.6. The topological polar surface area (TPSA) is 25.8 Å². The van der Waals surface area contributed by atoms with E-state index in [1.807, 2.05) is 24.3 Å². The molecule has 268 valence electrons. The fraction of sp³-hybridized carbons (Fsp3) is 0.277. The molecule has 0 amide bonds. The number of nitrogens with zero attached hydrogens (tertiary/aromatic N) is 2. The SMILES string of the molecule is CC(C)(C)Cc1cc(-c2[c-]ccc(-c3ccc(F)cc3)c2)nc(C(C)(C)c2cc(CC(C)(C)C)cc(-c3[c-]ccc(-c4ccc(F)cc4)c3)n2)c1.[Pt+2]. The van der Waals surface area contributed by atoms with Crippen molar-refractivity contribution in [2.45, 2.75) is 73.6 Å². The molecular weight excluding hydrogens is 826 g/mol. The quantitative estimate of drug-likeness (QED) is 0.142. The molecule has 0 aliphatic carbocycles. The van der Waals surface area contributed by atoms with Gasteiger partial charge in [0.25, 0.3) is 0 Å². The van der Waals surface area contributed by atoms with Crippen LogP contribution in [0.4, 0.5) is 8.78 Å². The molecule has 0 N–H and O–H groups in total. The first-order valence-corrected chi connectivity index (χ1v) is 17.6. The molecule has 0 aliphatic rings. The van der Waals surface area contributed by atoms with Crippen molar-refractivity contribution < 1.29 is 29.8 Å². The van der Waals surface area contributed by atoms with Gasteiger partial charge >= 0.3 is 21.1 Å². The minimum Gasteiger partial charge on any atom is -0.300 e. The molecule has 52 heavy (non-hydrogen) atoms. The first-order chi connectivity index (χ1) is 24.0. The van der Waals surface area contributed by atoms with Crippen molar-refractivity contribution in [3.05, 3.63) is 155 Å². The summed E-state index contributed by atoms with van der Waals surface area (Å²) in [6.07, 6.45) is 1.74. The van der Waals surface area contributed by atoms with Crippen LogP contribution >= 0.6 is 0 Å². The normalized spacial score (nSPS) is 12.0. The van der Waals surface area contributed by atoms with Crippen LogP contribution in [-0.2, 0) is 39.3 Å². The van der Waals surface area contributed by atoms with E-state index >= 15 is 0 Å². The Hall–Kier alpha value is -4.27. The Morgan fingerprint density at radius 3 is 1.19 bits per heavy atom. The van der Waals surface area contributed by atoms with Gasteiger partial charge in [-0.15, -0.1) is 70.8 Å². The largest absolute Gasteiger partial charge is 2.00 e. The molecule has 0 atom stereocenters. The van der Waals surface area contributed by atoms with Gasteiger partial charge in [-0.05, 0) is 96.4 Å². The van der Waals surface area contributed by atoms with Crippen molar-refractivity contribution in [3.8, 4) is 44.8 Å². The zero-order valence-corrected chi connectivity index (χ0v) is 33.5. The molecule has 5 heteroatoms. The fourth-order valence-electron chi connectivity index (χ4n) is 6.52. The number of halogens is 2. The van der Waals surface area contributed by atoms with E-state index in [9.17, 15) is 8.78 Å². The maximum atomic E-state index is 13.7. The molecular formula is C47H46F2N2Pt. The summed E-state index contributed by atoms with van der Waals surface area (Å²) in [4.78, 5) is 10.7. The van der Waals surface area contributed by atoms with Crippen LogP contribution in [0.2, 0.25) is 0 Å². The molecule has 0 bridgehead atoms. The van der Waals surface area contributed by atoms with Crippen LogP contribution < -0.4 is 0 Å². The van der Waals surface area contributed by atoms with Gasteiger partial charge in [-0.25, -0.2) is 8.78 Å². The smallest absolute Gasteiger partial charge is 0.300 e. The van der Waals surface area contributed by atoms with Crippen LogP contribution in [0.15, 0.2) is 109 Å². The summed E-state index contributed by atoms with van der Waals surface area (Å²) in [6.45, 7) is 17.9. The van der Waals surface area contributed by atoms with Gasteiger partial charge in [-0.1, -0.05) is 89.1 Å². The third-order valence-electron chi connectivity index (χ3n) is 9.03. The zero-order chi connectivity index (χ0) is 36.6. The number of pyridine rings is 2. The molecule has 0 unspecified atom stereocenters. The van der Waals surface area contributed by atoms with Crippen molar-refractivity contribution in [2.75, 3.05) is 0 Å². The van der Waals surface area contributed by atoms with E-state index < -0.39 is 5.41 Å². The van der Waals surface area contributed by atoms with Gasteiger partial charge in [0.2, 0.25) is 0 Å². The Bertz CT molecular complexity index is 2000. The summed E-state index contributed by atoms with van der Waals surface area (Å²) in [5.41, 5.74) is 11.1. The van der Waals surface area contributed by atoms with E-state index in [0.29, 0.717) is 0 Å². The first-order valence-electron chi connectivity index (χ1n) is 17.6. The van der Waals surface area contributed by atoms with Crippen molar-refractivity contribution in [2.24, 2.45) is 10.8 Å². The van der Waals surface area contributed by atoms with Gasteiger partial charge in [0.05, 0.1) is 0 Å². The summed E-state index contributed by atoms with van der Waals surface area (Å²) >= 11 is 0. The van der Waals surface area contributed by atoms with Gasteiger partial charge in [0, 0.05) is 16.8 Å². The predicted molar refractivity (Wildman–Crippen MR) is 206 cm³/mol. The molecule has 0 saturated carbocycles. The Kier molecular flexibility index (Phi) is 11.5. The Morgan fingerprint density at radius 1 is 0.481 bits per heavy atom. The number of hydrogen-bond donors (Lipinski definition) is 0. The summed E-state index contributed by atoms with van der Waals surface area (Å²) in [5, 5.41) is 0. The van der Waals surface area contributed by atoms with E-state index in [0.717, 1.165) is 69.0 Å². The maximum absolute atomic E-state index is 13.7. The van der Waals surface area contributed by atoms with Crippen molar-refractivity contribution in [3.63, 3.8) is 0 Å². The molecule has 6 aromatic rings. The molecule has 4 aromatic carbocycles. The first kappa shape index (κ1) is 38.9. The van der Waals surface area contributed by atoms with E-state index in [1.54, 1.807) is 24.3 Å². The molecule has 6 rings (SSSR count). The monoisotopic (exact) mass is 871 g/mol. The molecule has 0 saturated heterocycles. The number of hydrogen-bond acceptors (Lipinski definition) is 2. The van der Waals surface area contributed by atoms with Crippen LogP contribution in [0.3, 0.4) is 0 Å². The Balaban J connectivity index is 0.00000523. The molecule has 2 heterocycles. The number of benzene rings is 4. The van der Waals surface area contributed by atoms with E-state index in [4.69, 9.17) is 9.97 Å². The second-order valence-corrected chi connectivity index (χ2v) is 16.6. The average molecular weight is 872 g/mol. The van der Waals surface area contributed by atoms with Gasteiger partial charge in [-0.3, -0.25) is 0 Å². The fourth-order valence-corrected chi connectivity index (χ4v) is 6.52. The van der Waals surface area contributed by atoms with Crippen molar-refractivity contribution in [1.82, 2.24) is 9.97 Å². The number of rotatable bonds is 8. The standard InChI is InChI=1S/C47H46F2N2.Pt/c1-45(2,3)29-31-23-41(37-13-9-11-35(27-37)33-15-19-39(48)20-16-33)50-43(25-31)47(7,8)44-26-32(30-46(4,5)6)24-42(51-44)38-14-10-12-36(28-38)34-17-21-40(49)22-18-34;/h9-12,15-28H,29-30H2,1-8H3;/q-2;+2. The average Bonchev–Trinajstić information content (AvgIpc) is 3.07. The molecule has 2 nitrogen and oxygen atoms in total. The van der Waals surface area contributed by atoms with Crippen LogP contribution in [0, 0.1) is 34.6 Å². The molecule has 0 radical (unpaired) electrons. The van der Waals surface area contributed by atoms with Gasteiger partial charge in [0.15, 0.2) is 0 Å². The van der Waals surface area contributed by atoms with E-state index in [1.165, 1.54) is 35.4 Å². The minimum atomic E-state index is -0.561. The predicted octanol–water partition coefficient (Wildman–Crippen LogP) is 12.5. The third-order valence-corrected chi connectivity index (χ3v) is 9.03. The summed E-state index contributed by atoms with van der Waals surface area (Å²) < 4.78 is 27.4. The third kappa shape index (κ3) is 9.58. The molecule has 2 aromatic heterocycles. The van der Waals surface area contributed by atoms with Crippen molar-refractivity contribution >= 4 is 0 Å².